The lowest BCUT2D eigenvalue weighted by molar-refractivity contribution is 0.322. The van der Waals surface area contributed by atoms with Crippen molar-refractivity contribution in [2.75, 3.05) is 33.7 Å². The Morgan fingerprint density at radius 2 is 1.82 bits per heavy atom. The van der Waals surface area contributed by atoms with Crippen molar-refractivity contribution in [2.45, 2.75) is 45.7 Å². The van der Waals surface area contributed by atoms with Crippen molar-refractivity contribution in [3.8, 4) is 5.75 Å². The average Bonchev–Trinajstić information content (AvgIpc) is 2.96. The highest BCUT2D eigenvalue weighted by Crippen LogP contribution is 2.17. The summed E-state index contributed by atoms with van der Waals surface area (Å²) in [5.41, 5.74) is 1.39. The molecule has 1 saturated heterocycles. The third kappa shape index (κ3) is 4.34. The molecule has 124 valence electrons. The molecule has 0 bridgehead atoms. The molecule has 1 aliphatic heterocycles. The summed E-state index contributed by atoms with van der Waals surface area (Å²) in [6, 6.07) is 1.54. The molecular formula is C17H29N3O2. The van der Waals surface area contributed by atoms with Gasteiger partial charge in [0.05, 0.1) is 5.69 Å². The Balaban J connectivity index is 2.01. The first-order valence-corrected chi connectivity index (χ1v) is 8.28. The van der Waals surface area contributed by atoms with E-state index in [4.69, 9.17) is 0 Å². The number of aryl methyl sites for hydroxylation is 1. The van der Waals surface area contributed by atoms with Gasteiger partial charge in [-0.15, -0.1) is 0 Å². The van der Waals surface area contributed by atoms with Crippen LogP contribution in [0.3, 0.4) is 0 Å². The number of likely N-dealkylation sites (tertiary alicyclic amines) is 1. The predicted octanol–water partition coefficient (Wildman–Crippen LogP) is 1.80. The van der Waals surface area contributed by atoms with Gasteiger partial charge < -0.3 is 19.5 Å². The number of nitrogens with zero attached hydrogens (tertiary/aromatic N) is 3. The predicted molar refractivity (Wildman–Crippen MR) is 89.4 cm³/mol. The second kappa shape index (κ2) is 7.79. The molecule has 0 unspecified atom stereocenters. The maximum absolute atomic E-state index is 11.8. The zero-order valence-corrected chi connectivity index (χ0v) is 14.1. The van der Waals surface area contributed by atoms with Crippen molar-refractivity contribution in [2.24, 2.45) is 0 Å². The summed E-state index contributed by atoms with van der Waals surface area (Å²) >= 11 is 0. The summed E-state index contributed by atoms with van der Waals surface area (Å²) in [6.07, 6.45) is 4.90. The molecule has 0 saturated carbocycles. The molecule has 22 heavy (non-hydrogen) atoms. The molecule has 5 heteroatoms. The molecule has 1 aromatic rings. The normalized spacial score (nSPS) is 15.8. The van der Waals surface area contributed by atoms with Crippen LogP contribution in [0.1, 0.15) is 37.1 Å². The summed E-state index contributed by atoms with van der Waals surface area (Å²) in [7, 11) is 3.90. The fourth-order valence-electron chi connectivity index (χ4n) is 3.20. The fourth-order valence-corrected chi connectivity index (χ4v) is 3.20. The van der Waals surface area contributed by atoms with Crippen LogP contribution >= 0.6 is 0 Å². The zero-order valence-electron chi connectivity index (χ0n) is 14.1. The number of pyridine rings is 1. The molecule has 5 nitrogen and oxygen atoms in total. The molecule has 0 amide bonds. The highest BCUT2D eigenvalue weighted by Gasteiger charge is 2.14. The SMILES string of the molecule is Cc1cc(=O)c(O)c(CN(C)C)n1CCCCN1CCCC1. The first-order chi connectivity index (χ1) is 10.5. The highest BCUT2D eigenvalue weighted by atomic mass is 16.3. The summed E-state index contributed by atoms with van der Waals surface area (Å²) in [4.78, 5) is 16.3. The Bertz CT molecular complexity index is 546. The topological polar surface area (TPSA) is 48.7 Å². The van der Waals surface area contributed by atoms with E-state index in [1.165, 1.54) is 32.0 Å². The lowest BCUT2D eigenvalue weighted by Crippen LogP contribution is -2.23. The van der Waals surface area contributed by atoms with E-state index in [9.17, 15) is 9.90 Å². The van der Waals surface area contributed by atoms with Gasteiger partial charge in [-0.1, -0.05) is 0 Å². The second-order valence-corrected chi connectivity index (χ2v) is 6.59. The molecule has 2 rings (SSSR count). The van der Waals surface area contributed by atoms with Gasteiger partial charge >= 0.3 is 0 Å². The average molecular weight is 307 g/mol. The molecule has 1 aliphatic rings. The minimum Gasteiger partial charge on any atom is -0.503 e. The van der Waals surface area contributed by atoms with E-state index in [0.717, 1.165) is 37.3 Å². The number of aromatic hydroxyl groups is 1. The minimum atomic E-state index is -0.275. The fraction of sp³-hybridized carbons (Fsp3) is 0.706. The van der Waals surface area contributed by atoms with Crippen LogP contribution in [0.2, 0.25) is 0 Å². The number of rotatable bonds is 7. The molecule has 0 radical (unpaired) electrons. The molecule has 1 N–H and O–H groups in total. The molecule has 2 heterocycles. The van der Waals surface area contributed by atoms with Crippen LogP contribution in [0, 0.1) is 6.92 Å². The Morgan fingerprint density at radius 1 is 1.18 bits per heavy atom. The summed E-state index contributed by atoms with van der Waals surface area (Å²) in [5.74, 6) is -0.0983. The van der Waals surface area contributed by atoms with Crippen molar-refractivity contribution >= 4 is 0 Å². The number of hydrogen-bond acceptors (Lipinski definition) is 4. The second-order valence-electron chi connectivity index (χ2n) is 6.59. The van der Waals surface area contributed by atoms with Crippen molar-refractivity contribution in [1.29, 1.82) is 0 Å². The van der Waals surface area contributed by atoms with Crippen LogP contribution in [0.25, 0.3) is 0 Å². The Morgan fingerprint density at radius 3 is 2.45 bits per heavy atom. The van der Waals surface area contributed by atoms with E-state index in [-0.39, 0.29) is 11.2 Å². The Kier molecular flexibility index (Phi) is 6.03. The van der Waals surface area contributed by atoms with Crippen molar-refractivity contribution < 1.29 is 5.11 Å². The van der Waals surface area contributed by atoms with Crippen molar-refractivity contribution in [1.82, 2.24) is 14.4 Å². The van der Waals surface area contributed by atoms with E-state index in [1.807, 2.05) is 25.9 Å². The quantitative estimate of drug-likeness (QED) is 0.781. The highest BCUT2D eigenvalue weighted by molar-refractivity contribution is 5.29. The van der Waals surface area contributed by atoms with Gasteiger partial charge in [0, 0.05) is 24.8 Å². The molecule has 0 aliphatic carbocycles. The smallest absolute Gasteiger partial charge is 0.223 e. The first-order valence-electron chi connectivity index (χ1n) is 8.28. The van der Waals surface area contributed by atoms with E-state index >= 15 is 0 Å². The van der Waals surface area contributed by atoms with Crippen molar-refractivity contribution in [3.05, 3.63) is 27.7 Å². The maximum Gasteiger partial charge on any atom is 0.223 e. The Labute approximate surface area is 133 Å². The van der Waals surface area contributed by atoms with E-state index in [1.54, 1.807) is 0 Å². The standard InChI is InChI=1S/C17H29N3O2/c1-14-12-16(21)17(22)15(13-18(2)3)20(14)11-7-6-10-19-8-4-5-9-19/h12,22H,4-11,13H2,1-3H3. The number of aromatic nitrogens is 1. The summed E-state index contributed by atoms with van der Waals surface area (Å²) in [5, 5.41) is 10.1. The van der Waals surface area contributed by atoms with Gasteiger partial charge in [-0.2, -0.15) is 0 Å². The van der Waals surface area contributed by atoms with Crippen molar-refractivity contribution in [3.63, 3.8) is 0 Å². The lowest BCUT2D eigenvalue weighted by atomic mass is 10.2. The largest absolute Gasteiger partial charge is 0.503 e. The number of unbranched alkanes of at least 4 members (excludes halogenated alkanes) is 1. The summed E-state index contributed by atoms with van der Waals surface area (Å²) < 4.78 is 2.10. The number of hydrogen-bond donors (Lipinski definition) is 1. The van der Waals surface area contributed by atoms with Crippen LogP contribution in [0.15, 0.2) is 10.9 Å². The van der Waals surface area contributed by atoms with E-state index in [0.29, 0.717) is 6.54 Å². The van der Waals surface area contributed by atoms with Crippen LogP contribution in [0.4, 0.5) is 0 Å². The van der Waals surface area contributed by atoms with Crippen LogP contribution in [0.5, 0.6) is 5.75 Å². The maximum atomic E-state index is 11.8. The van der Waals surface area contributed by atoms with E-state index < -0.39 is 0 Å². The van der Waals surface area contributed by atoms with Gasteiger partial charge in [-0.3, -0.25) is 4.79 Å². The van der Waals surface area contributed by atoms with Gasteiger partial charge in [-0.25, -0.2) is 0 Å². The van der Waals surface area contributed by atoms with Gasteiger partial charge in [0.2, 0.25) is 5.43 Å². The van der Waals surface area contributed by atoms with Crippen LogP contribution in [-0.2, 0) is 13.1 Å². The molecule has 0 spiro atoms. The third-order valence-corrected chi connectivity index (χ3v) is 4.37. The molecular weight excluding hydrogens is 278 g/mol. The van der Waals surface area contributed by atoms with Gasteiger partial charge in [-0.05, 0) is 66.3 Å². The van der Waals surface area contributed by atoms with E-state index in [2.05, 4.69) is 9.47 Å². The molecule has 1 fully saturated rings. The Hall–Kier alpha value is -1.33. The summed E-state index contributed by atoms with van der Waals surface area (Å²) in [6.45, 7) is 7.02. The zero-order chi connectivity index (χ0) is 16.1. The molecule has 0 aromatic carbocycles. The van der Waals surface area contributed by atoms with Gasteiger partial charge in [0.25, 0.3) is 0 Å². The molecule has 1 aromatic heterocycles. The first kappa shape index (κ1) is 17.0. The lowest BCUT2D eigenvalue weighted by Gasteiger charge is -2.21. The van der Waals surface area contributed by atoms with Gasteiger partial charge in [0.1, 0.15) is 0 Å². The van der Waals surface area contributed by atoms with Crippen LogP contribution in [-0.4, -0.2) is 53.2 Å². The van der Waals surface area contributed by atoms with Crippen LogP contribution < -0.4 is 5.43 Å². The van der Waals surface area contributed by atoms with Gasteiger partial charge in [0.15, 0.2) is 5.75 Å². The monoisotopic (exact) mass is 307 g/mol. The third-order valence-electron chi connectivity index (χ3n) is 4.37. The molecule has 0 atom stereocenters. The minimum absolute atomic E-state index is 0.0983.